The molecule has 0 saturated carbocycles. The monoisotopic (exact) mass is 574 g/mol. The topological polar surface area (TPSA) is 96.6 Å². The molecule has 0 spiro atoms. The summed E-state index contributed by atoms with van der Waals surface area (Å²) in [7, 11) is 0. The number of carbonyl (C=O) groups is 2. The van der Waals surface area contributed by atoms with Crippen molar-refractivity contribution in [1.82, 2.24) is 14.9 Å². The Morgan fingerprint density at radius 2 is 1.73 bits per heavy atom. The van der Waals surface area contributed by atoms with Crippen molar-refractivity contribution in [3.05, 3.63) is 82.8 Å². The first-order valence-electron chi connectivity index (χ1n) is 12.4. The third kappa shape index (κ3) is 7.10. The summed E-state index contributed by atoms with van der Waals surface area (Å²) >= 11 is 5.79. The highest BCUT2D eigenvalue weighted by atomic mass is 35.5. The molecule has 0 fully saturated rings. The van der Waals surface area contributed by atoms with Crippen LogP contribution in [0.4, 0.5) is 18.9 Å². The molecule has 4 rings (SSSR count). The maximum atomic E-state index is 13.1. The first-order valence-corrected chi connectivity index (χ1v) is 12.8. The van der Waals surface area contributed by atoms with Crippen LogP contribution in [0.3, 0.4) is 0 Å². The van der Waals surface area contributed by atoms with Gasteiger partial charge in [0.05, 0.1) is 5.52 Å². The Morgan fingerprint density at radius 3 is 2.35 bits per heavy atom. The normalized spacial score (nSPS) is 11.6. The van der Waals surface area contributed by atoms with Gasteiger partial charge in [0, 0.05) is 29.4 Å². The molecule has 0 unspecified atom stereocenters. The van der Waals surface area contributed by atoms with Crippen molar-refractivity contribution >= 4 is 40.1 Å². The summed E-state index contributed by atoms with van der Waals surface area (Å²) < 4.78 is 49.7. The number of aromatic amines is 1. The summed E-state index contributed by atoms with van der Waals surface area (Å²) in [6.45, 7) is 6.73. The molecule has 0 atom stereocenters. The van der Waals surface area contributed by atoms with E-state index >= 15 is 0 Å². The number of benzene rings is 2. The van der Waals surface area contributed by atoms with Crippen LogP contribution in [0.25, 0.3) is 10.9 Å². The fourth-order valence-corrected chi connectivity index (χ4v) is 4.02. The van der Waals surface area contributed by atoms with E-state index in [1.165, 1.54) is 18.3 Å². The minimum absolute atomic E-state index is 0.0593. The van der Waals surface area contributed by atoms with E-state index in [2.05, 4.69) is 34.0 Å². The average molecular weight is 575 g/mol. The Kier molecular flexibility index (Phi) is 8.96. The Labute approximate surface area is 233 Å². The third-order valence-corrected chi connectivity index (χ3v) is 6.31. The number of alkyl halides is 3. The lowest BCUT2D eigenvalue weighted by Crippen LogP contribution is -2.28. The lowest BCUT2D eigenvalue weighted by molar-refractivity contribution is -0.189. The van der Waals surface area contributed by atoms with E-state index in [1.54, 1.807) is 30.3 Å². The van der Waals surface area contributed by atoms with Gasteiger partial charge in [-0.25, -0.2) is 9.78 Å². The third-order valence-electron chi connectivity index (χ3n) is 6.08. The second kappa shape index (κ2) is 12.4. The SMILES string of the molecule is CCN(CC)Cc1ccc(NC(=O)c2[nH]c3ccc(OCc4ccc(Cl)nc4)cc3c2OC(=O)C(F)(F)F)cc1. The number of pyridine rings is 1. The van der Waals surface area contributed by atoms with Crippen LogP contribution in [0.5, 0.6) is 11.5 Å². The Bertz CT molecular complexity index is 1480. The molecule has 40 heavy (non-hydrogen) atoms. The number of halogens is 4. The van der Waals surface area contributed by atoms with Crippen molar-refractivity contribution in [2.75, 3.05) is 18.4 Å². The second-order valence-corrected chi connectivity index (χ2v) is 9.20. The number of carbonyl (C=O) groups excluding carboxylic acids is 2. The molecule has 12 heteroatoms. The number of nitrogens with zero attached hydrogens (tertiary/aromatic N) is 2. The lowest BCUT2D eigenvalue weighted by Gasteiger charge is -2.18. The van der Waals surface area contributed by atoms with Crippen LogP contribution in [0.2, 0.25) is 5.15 Å². The van der Waals surface area contributed by atoms with Gasteiger partial charge in [0.2, 0.25) is 0 Å². The highest BCUT2D eigenvalue weighted by Crippen LogP contribution is 2.35. The molecule has 0 bridgehead atoms. The van der Waals surface area contributed by atoms with Gasteiger partial charge in [-0.1, -0.05) is 43.6 Å². The first-order chi connectivity index (χ1) is 19.1. The van der Waals surface area contributed by atoms with Crippen LogP contribution in [0, 0.1) is 0 Å². The van der Waals surface area contributed by atoms with E-state index in [1.807, 2.05) is 12.1 Å². The van der Waals surface area contributed by atoms with Crippen molar-refractivity contribution in [3.63, 3.8) is 0 Å². The number of amides is 1. The van der Waals surface area contributed by atoms with Gasteiger partial charge in [0.1, 0.15) is 23.2 Å². The van der Waals surface area contributed by atoms with Gasteiger partial charge in [0.25, 0.3) is 5.91 Å². The molecule has 0 saturated heterocycles. The Hall–Kier alpha value is -4.09. The number of ether oxygens (including phenoxy) is 2. The summed E-state index contributed by atoms with van der Waals surface area (Å²) in [6, 6.07) is 14.8. The molecule has 2 aromatic carbocycles. The van der Waals surface area contributed by atoms with Gasteiger partial charge < -0.3 is 19.8 Å². The number of esters is 1. The van der Waals surface area contributed by atoms with Crippen LogP contribution in [0.1, 0.15) is 35.5 Å². The predicted molar refractivity (Wildman–Crippen MR) is 145 cm³/mol. The molecule has 2 aromatic heterocycles. The summed E-state index contributed by atoms with van der Waals surface area (Å²) in [4.78, 5) is 33.8. The minimum Gasteiger partial charge on any atom is -0.489 e. The van der Waals surface area contributed by atoms with Crippen molar-refractivity contribution in [1.29, 1.82) is 0 Å². The number of hydrogen-bond donors (Lipinski definition) is 2. The number of anilines is 1. The second-order valence-electron chi connectivity index (χ2n) is 8.81. The molecule has 1 amide bonds. The van der Waals surface area contributed by atoms with Crippen molar-refractivity contribution in [2.24, 2.45) is 0 Å². The van der Waals surface area contributed by atoms with Gasteiger partial charge >= 0.3 is 12.1 Å². The van der Waals surface area contributed by atoms with Crippen molar-refractivity contribution in [2.45, 2.75) is 33.2 Å². The van der Waals surface area contributed by atoms with Crippen LogP contribution in [-0.4, -0.2) is 46.0 Å². The molecular weight excluding hydrogens is 549 g/mol. The fraction of sp³-hybridized carbons (Fsp3) is 0.250. The number of fused-ring (bicyclic) bond motifs is 1. The summed E-state index contributed by atoms with van der Waals surface area (Å²) in [5.74, 6) is -3.54. The van der Waals surface area contributed by atoms with Crippen molar-refractivity contribution < 1.29 is 32.2 Å². The summed E-state index contributed by atoms with van der Waals surface area (Å²) in [6.07, 6.45) is -3.75. The first kappa shape index (κ1) is 28.9. The molecule has 0 aliphatic carbocycles. The summed E-state index contributed by atoms with van der Waals surface area (Å²) in [5.41, 5.74) is 2.07. The van der Waals surface area contributed by atoms with E-state index in [0.717, 1.165) is 25.2 Å². The van der Waals surface area contributed by atoms with Gasteiger partial charge in [0.15, 0.2) is 5.75 Å². The number of rotatable bonds is 10. The van der Waals surface area contributed by atoms with Crippen LogP contribution >= 0.6 is 11.6 Å². The number of hydrogen-bond acceptors (Lipinski definition) is 6. The zero-order chi connectivity index (χ0) is 28.9. The highest BCUT2D eigenvalue weighted by molar-refractivity contribution is 6.29. The van der Waals surface area contributed by atoms with Gasteiger partial charge in [-0.2, -0.15) is 13.2 Å². The van der Waals surface area contributed by atoms with Crippen LogP contribution in [0.15, 0.2) is 60.8 Å². The van der Waals surface area contributed by atoms with Gasteiger partial charge in [-0.05, 0) is 55.1 Å². The molecule has 0 aliphatic rings. The zero-order valence-electron chi connectivity index (χ0n) is 21.6. The van der Waals surface area contributed by atoms with Gasteiger partial charge in [-0.15, -0.1) is 0 Å². The van der Waals surface area contributed by atoms with Crippen molar-refractivity contribution in [3.8, 4) is 11.5 Å². The Balaban J connectivity index is 1.60. The van der Waals surface area contributed by atoms with E-state index in [9.17, 15) is 22.8 Å². The number of nitrogens with one attached hydrogen (secondary N) is 2. The molecule has 0 aliphatic heterocycles. The Morgan fingerprint density at radius 1 is 1.02 bits per heavy atom. The quantitative estimate of drug-likeness (QED) is 0.169. The van der Waals surface area contributed by atoms with E-state index in [4.69, 9.17) is 21.1 Å². The van der Waals surface area contributed by atoms with Gasteiger partial charge in [-0.3, -0.25) is 9.69 Å². The molecule has 0 radical (unpaired) electrons. The summed E-state index contributed by atoms with van der Waals surface area (Å²) in [5, 5.41) is 3.01. The molecule has 210 valence electrons. The average Bonchev–Trinajstić information content (AvgIpc) is 3.29. The number of aromatic nitrogens is 2. The van der Waals surface area contributed by atoms with Crippen LogP contribution < -0.4 is 14.8 Å². The lowest BCUT2D eigenvalue weighted by atomic mass is 10.2. The largest absolute Gasteiger partial charge is 0.491 e. The molecule has 8 nitrogen and oxygen atoms in total. The fourth-order valence-electron chi connectivity index (χ4n) is 3.90. The molecule has 2 N–H and O–H groups in total. The maximum absolute atomic E-state index is 13.1. The highest BCUT2D eigenvalue weighted by Gasteiger charge is 2.42. The zero-order valence-corrected chi connectivity index (χ0v) is 22.4. The van der Waals surface area contributed by atoms with Crippen LogP contribution in [-0.2, 0) is 17.9 Å². The molecule has 2 heterocycles. The number of H-pyrrole nitrogens is 1. The van der Waals surface area contributed by atoms with E-state index < -0.39 is 23.8 Å². The molecular formula is C28H26ClF3N4O4. The smallest absolute Gasteiger partial charge is 0.489 e. The van der Waals surface area contributed by atoms with E-state index in [-0.39, 0.29) is 29.0 Å². The minimum atomic E-state index is -5.27. The standard InChI is InChI=1S/C28H26ClF3N4O4/c1-3-36(4-2)15-17-5-8-19(9-6-17)34-26(37)24-25(40-27(38)28(30,31)32)21-13-20(10-11-22(21)35-24)39-16-18-7-12-23(29)33-14-18/h5-14,35H,3-4,15-16H2,1-2H3,(H,34,37). The van der Waals surface area contributed by atoms with E-state index in [0.29, 0.717) is 16.4 Å². The molecule has 4 aromatic rings. The predicted octanol–water partition coefficient (Wildman–Crippen LogP) is 6.36. The maximum Gasteiger partial charge on any atom is 0.491 e.